The first-order valence-corrected chi connectivity index (χ1v) is 8.56. The Morgan fingerprint density at radius 2 is 1.47 bits per heavy atom. The number of alkyl halides is 6. The molecule has 32 heavy (non-hydrogen) atoms. The van der Waals surface area contributed by atoms with E-state index in [4.69, 9.17) is 0 Å². The summed E-state index contributed by atoms with van der Waals surface area (Å²) in [4.78, 5) is 36.0. The second-order valence-corrected chi connectivity index (χ2v) is 6.13. The summed E-state index contributed by atoms with van der Waals surface area (Å²) in [6.45, 7) is -0.472. The Morgan fingerprint density at radius 3 is 2.03 bits per heavy atom. The highest BCUT2D eigenvalue weighted by Gasteiger charge is 2.31. The lowest BCUT2D eigenvalue weighted by atomic mass is 10.1. The summed E-state index contributed by atoms with van der Waals surface area (Å²) in [5.74, 6) is -2.10. The van der Waals surface area contributed by atoms with Crippen LogP contribution in [0.25, 0.3) is 0 Å². The number of imide groups is 1. The van der Waals surface area contributed by atoms with Crippen molar-refractivity contribution in [2.75, 3.05) is 18.5 Å². The summed E-state index contributed by atoms with van der Waals surface area (Å²) in [5, 5.41) is 3.92. The van der Waals surface area contributed by atoms with Gasteiger partial charge in [-0.1, -0.05) is 0 Å². The molecule has 2 rings (SSSR count). The molecule has 0 fully saturated rings. The summed E-state index contributed by atoms with van der Waals surface area (Å²) in [6.07, 6.45) is -9.46. The summed E-state index contributed by atoms with van der Waals surface area (Å²) in [6, 6.07) is 1.23. The first kappa shape index (κ1) is 24.6. The van der Waals surface area contributed by atoms with Crippen molar-refractivity contribution in [2.45, 2.75) is 26.2 Å². The van der Waals surface area contributed by atoms with Crippen LogP contribution in [0.3, 0.4) is 0 Å². The number of benzene rings is 1. The van der Waals surface area contributed by atoms with Gasteiger partial charge < -0.3 is 9.47 Å². The van der Waals surface area contributed by atoms with Crippen LogP contribution in [0.15, 0.2) is 18.2 Å². The molecule has 0 radical (unpaired) electrons. The number of aryl methyl sites for hydroxylation is 2. The molecule has 0 saturated heterocycles. The molecule has 0 bridgehead atoms. The van der Waals surface area contributed by atoms with E-state index >= 15 is 0 Å². The van der Waals surface area contributed by atoms with Crippen molar-refractivity contribution in [1.29, 1.82) is 0 Å². The van der Waals surface area contributed by atoms with Gasteiger partial charge in [-0.15, -0.1) is 0 Å². The Kier molecular flexibility index (Phi) is 7.43. The van der Waals surface area contributed by atoms with E-state index in [0.717, 1.165) is 12.1 Å². The third kappa shape index (κ3) is 8.23. The van der Waals surface area contributed by atoms with E-state index < -0.39 is 54.6 Å². The third-order valence-corrected chi connectivity index (χ3v) is 3.30. The summed E-state index contributed by atoms with van der Waals surface area (Å²) in [5.41, 5.74) is -0.674. The van der Waals surface area contributed by atoms with E-state index in [1.807, 2.05) is 0 Å². The van der Waals surface area contributed by atoms with Gasteiger partial charge in [-0.25, -0.2) is 9.78 Å². The van der Waals surface area contributed by atoms with Crippen LogP contribution in [0.5, 0.6) is 11.5 Å². The van der Waals surface area contributed by atoms with Gasteiger partial charge in [0.15, 0.2) is 13.2 Å². The number of rotatable bonds is 6. The number of hydrogen-bond donors (Lipinski definition) is 2. The maximum absolute atomic E-state index is 12.5. The number of aromatic nitrogens is 3. The molecule has 0 aliphatic heterocycles. The van der Waals surface area contributed by atoms with Crippen molar-refractivity contribution in [1.82, 2.24) is 20.3 Å². The largest absolute Gasteiger partial charge is 0.484 e. The number of hydrogen-bond acceptors (Lipinski definition) is 7. The lowest BCUT2D eigenvalue weighted by Crippen LogP contribution is -2.35. The highest BCUT2D eigenvalue weighted by Crippen LogP contribution is 2.28. The van der Waals surface area contributed by atoms with Gasteiger partial charge in [-0.3, -0.25) is 15.4 Å². The molecule has 0 atom stereocenters. The molecule has 15 heteroatoms. The summed E-state index contributed by atoms with van der Waals surface area (Å²) < 4.78 is 83.4. The zero-order chi connectivity index (χ0) is 24.1. The summed E-state index contributed by atoms with van der Waals surface area (Å²) >= 11 is 0. The van der Waals surface area contributed by atoms with Crippen molar-refractivity contribution in [2.24, 2.45) is 0 Å². The van der Waals surface area contributed by atoms with Crippen molar-refractivity contribution in [3.63, 3.8) is 0 Å². The number of nitrogens with one attached hydrogen (secondary N) is 2. The fraction of sp³-hybridized carbons (Fsp3) is 0.353. The van der Waals surface area contributed by atoms with Gasteiger partial charge >= 0.3 is 18.4 Å². The maximum Gasteiger partial charge on any atom is 0.422 e. The number of anilines is 1. The molecule has 0 aliphatic carbocycles. The SMILES string of the molecule is Cc1nc(C)nc(NC(=O)NC(=O)c2cc(OCC(F)(F)F)ccc2OCC(F)(F)F)n1. The normalized spacial score (nSPS) is 11.6. The highest BCUT2D eigenvalue weighted by atomic mass is 19.4. The fourth-order valence-electron chi connectivity index (χ4n) is 2.20. The highest BCUT2D eigenvalue weighted by molar-refractivity contribution is 6.09. The van der Waals surface area contributed by atoms with E-state index in [1.54, 1.807) is 5.32 Å². The van der Waals surface area contributed by atoms with E-state index in [2.05, 4.69) is 29.7 Å². The quantitative estimate of drug-likeness (QED) is 0.627. The average molecular weight is 467 g/mol. The number of nitrogens with zero attached hydrogens (tertiary/aromatic N) is 3. The number of halogens is 6. The Labute approximate surface area is 176 Å². The van der Waals surface area contributed by atoms with Crippen molar-refractivity contribution in [3.8, 4) is 11.5 Å². The van der Waals surface area contributed by atoms with Gasteiger partial charge in [-0.2, -0.15) is 36.3 Å². The minimum Gasteiger partial charge on any atom is -0.484 e. The topological polar surface area (TPSA) is 115 Å². The van der Waals surface area contributed by atoms with Gasteiger partial charge in [0.1, 0.15) is 23.1 Å². The van der Waals surface area contributed by atoms with Gasteiger partial charge in [0.05, 0.1) is 5.56 Å². The van der Waals surface area contributed by atoms with Crippen LogP contribution >= 0.6 is 0 Å². The second kappa shape index (κ2) is 9.65. The molecule has 174 valence electrons. The number of ether oxygens (including phenoxy) is 2. The molecule has 0 spiro atoms. The van der Waals surface area contributed by atoms with E-state index in [-0.39, 0.29) is 17.6 Å². The maximum atomic E-state index is 12.5. The number of amides is 3. The predicted molar refractivity (Wildman–Crippen MR) is 95.3 cm³/mol. The molecular formula is C17H15F6N5O4. The molecule has 3 amide bonds. The average Bonchev–Trinajstić information content (AvgIpc) is 2.62. The first-order chi connectivity index (χ1) is 14.7. The molecule has 1 heterocycles. The van der Waals surface area contributed by atoms with Gasteiger partial charge in [0.2, 0.25) is 5.95 Å². The standard InChI is InChI=1S/C17H15F6N5O4/c1-8-24-9(2)26-14(25-8)28-15(30)27-13(29)11-5-10(31-6-16(18,19)20)3-4-12(11)32-7-17(21,22)23/h3-5H,6-7H2,1-2H3,(H2,24,25,26,27,28,29,30). The van der Waals surface area contributed by atoms with Crippen molar-refractivity contribution < 1.29 is 45.4 Å². The molecule has 0 aliphatic rings. The van der Waals surface area contributed by atoms with Gasteiger partial charge in [-0.05, 0) is 32.0 Å². The number of carbonyl (C=O) groups is 2. The Morgan fingerprint density at radius 1 is 0.906 bits per heavy atom. The number of carbonyl (C=O) groups excluding carboxylic acids is 2. The zero-order valence-electron chi connectivity index (χ0n) is 16.4. The Hall–Kier alpha value is -3.65. The Bertz CT molecular complexity index is 976. The molecule has 0 saturated carbocycles. The first-order valence-electron chi connectivity index (χ1n) is 8.56. The van der Waals surface area contributed by atoms with E-state index in [0.29, 0.717) is 6.07 Å². The Balaban J connectivity index is 2.21. The van der Waals surface area contributed by atoms with Crippen LogP contribution in [0.2, 0.25) is 0 Å². The van der Waals surface area contributed by atoms with Crippen molar-refractivity contribution >= 4 is 17.9 Å². The van der Waals surface area contributed by atoms with E-state index in [9.17, 15) is 35.9 Å². The van der Waals surface area contributed by atoms with Crippen LogP contribution in [-0.4, -0.2) is 52.5 Å². The minimum atomic E-state index is -4.76. The predicted octanol–water partition coefficient (Wildman–Crippen LogP) is 3.33. The molecule has 9 nitrogen and oxygen atoms in total. The molecule has 1 aromatic heterocycles. The zero-order valence-corrected chi connectivity index (χ0v) is 16.4. The molecule has 2 N–H and O–H groups in total. The van der Waals surface area contributed by atoms with Crippen molar-refractivity contribution in [3.05, 3.63) is 35.4 Å². The van der Waals surface area contributed by atoms with Gasteiger partial charge in [0, 0.05) is 0 Å². The number of urea groups is 1. The summed E-state index contributed by atoms with van der Waals surface area (Å²) in [7, 11) is 0. The second-order valence-electron chi connectivity index (χ2n) is 6.13. The molecule has 0 unspecified atom stereocenters. The molecule has 1 aromatic carbocycles. The van der Waals surface area contributed by atoms with Crippen LogP contribution < -0.4 is 20.1 Å². The smallest absolute Gasteiger partial charge is 0.422 e. The lowest BCUT2D eigenvalue weighted by Gasteiger charge is -2.15. The third-order valence-electron chi connectivity index (χ3n) is 3.30. The van der Waals surface area contributed by atoms with Crippen LogP contribution in [0.1, 0.15) is 22.0 Å². The lowest BCUT2D eigenvalue weighted by molar-refractivity contribution is -0.154. The monoisotopic (exact) mass is 467 g/mol. The van der Waals surface area contributed by atoms with Gasteiger partial charge in [0.25, 0.3) is 5.91 Å². The minimum absolute atomic E-state index is 0.212. The van der Waals surface area contributed by atoms with Crippen LogP contribution in [-0.2, 0) is 0 Å². The molecule has 2 aromatic rings. The van der Waals surface area contributed by atoms with Crippen LogP contribution in [0.4, 0.5) is 37.1 Å². The van der Waals surface area contributed by atoms with E-state index in [1.165, 1.54) is 13.8 Å². The fourth-order valence-corrected chi connectivity index (χ4v) is 2.20. The van der Waals surface area contributed by atoms with Crippen LogP contribution in [0, 0.1) is 13.8 Å². The molecular weight excluding hydrogens is 452 g/mol.